The molecule has 0 saturated carbocycles. The number of likely N-dealkylation sites (tertiary alicyclic amines) is 2. The maximum atomic E-state index is 16.0. The van der Waals surface area contributed by atoms with Gasteiger partial charge >= 0.3 is 11.9 Å². The monoisotopic (exact) mass is 555 g/mol. The lowest BCUT2D eigenvalue weighted by Crippen LogP contribution is -2.52. The Morgan fingerprint density at radius 2 is 2.13 bits per heavy atom. The zero-order valence-corrected chi connectivity index (χ0v) is 22.6. The number of amides is 1. The number of halogens is 1. The van der Waals surface area contributed by atoms with E-state index in [4.69, 9.17) is 4.74 Å². The fourth-order valence-corrected chi connectivity index (χ4v) is 6.07. The quantitative estimate of drug-likeness (QED) is 0.476. The summed E-state index contributed by atoms with van der Waals surface area (Å²) in [6.07, 6.45) is 1.74. The second-order valence-corrected chi connectivity index (χ2v) is 10.9. The van der Waals surface area contributed by atoms with Crippen molar-refractivity contribution in [1.82, 2.24) is 20.1 Å². The molecule has 0 radical (unpaired) electrons. The van der Waals surface area contributed by atoms with Crippen LogP contribution in [0.25, 0.3) is 0 Å². The number of aromatic nitrogens is 1. The van der Waals surface area contributed by atoms with E-state index < -0.39 is 29.4 Å². The number of aromatic carboxylic acids is 1. The van der Waals surface area contributed by atoms with Gasteiger partial charge < -0.3 is 20.1 Å². The van der Waals surface area contributed by atoms with Crippen LogP contribution in [0.2, 0.25) is 0 Å². The summed E-state index contributed by atoms with van der Waals surface area (Å²) in [4.78, 5) is 49.5. The largest absolute Gasteiger partial charge is 0.478 e. The number of amidine groups is 1. The first-order valence-electron chi connectivity index (χ1n) is 12.8. The maximum absolute atomic E-state index is 16.0. The van der Waals surface area contributed by atoms with E-state index in [0.29, 0.717) is 47.3 Å². The number of carbonyl (C=O) groups excluding carboxylic acids is 2. The van der Waals surface area contributed by atoms with Crippen LogP contribution in [-0.4, -0.2) is 88.6 Å². The van der Waals surface area contributed by atoms with Crippen LogP contribution in [-0.2, 0) is 20.9 Å². The highest BCUT2D eigenvalue weighted by atomic mass is 32.1. The third kappa shape index (κ3) is 5.30. The molecule has 3 aliphatic rings. The number of nitrogens with zero attached hydrogens (tertiary/aromatic N) is 4. The summed E-state index contributed by atoms with van der Waals surface area (Å²) in [6, 6.07) is 4.92. The number of thiazole rings is 1. The summed E-state index contributed by atoms with van der Waals surface area (Å²) in [5, 5.41) is 15.1. The Kier molecular flexibility index (Phi) is 7.50. The Labute approximate surface area is 229 Å². The highest BCUT2D eigenvalue weighted by Crippen LogP contribution is 2.40. The topological polar surface area (TPSA) is 124 Å². The molecule has 39 heavy (non-hydrogen) atoms. The van der Waals surface area contributed by atoms with Crippen LogP contribution in [0.3, 0.4) is 0 Å². The number of alkyl halides is 1. The van der Waals surface area contributed by atoms with Gasteiger partial charge in [-0.05, 0) is 31.0 Å². The minimum absolute atomic E-state index is 0.0550. The zero-order valence-electron chi connectivity index (χ0n) is 21.8. The van der Waals surface area contributed by atoms with Gasteiger partial charge in [0.25, 0.3) is 5.91 Å². The Hall–Kier alpha value is -3.64. The van der Waals surface area contributed by atoms with Crippen LogP contribution >= 0.6 is 11.3 Å². The van der Waals surface area contributed by atoms with Crippen molar-refractivity contribution < 1.29 is 28.6 Å². The van der Waals surface area contributed by atoms with Gasteiger partial charge in [-0.2, -0.15) is 0 Å². The summed E-state index contributed by atoms with van der Waals surface area (Å²) in [7, 11) is 0. The number of carboxylic acids is 1. The SMILES string of the molecule is CCOC(=O)C1=C(CN2CCC3(F)C(=O)N(Cc4ccc(C(=O)O)c(C)c4)CC3C2)NC(c2nccs2)=NC1. The highest BCUT2D eigenvalue weighted by Gasteiger charge is 2.57. The normalized spacial score (nSPS) is 23.4. The number of rotatable bonds is 8. The average Bonchev–Trinajstić information content (AvgIpc) is 3.52. The van der Waals surface area contributed by atoms with Crippen molar-refractivity contribution in [2.45, 2.75) is 32.5 Å². The van der Waals surface area contributed by atoms with Gasteiger partial charge in [-0.3, -0.25) is 14.7 Å². The molecule has 2 N–H and O–H groups in total. The third-order valence-corrected chi connectivity index (χ3v) is 8.24. The molecule has 3 aliphatic heterocycles. The van der Waals surface area contributed by atoms with Gasteiger partial charge in [-0.15, -0.1) is 11.3 Å². The van der Waals surface area contributed by atoms with E-state index in [2.05, 4.69) is 20.2 Å². The molecule has 10 nitrogen and oxygen atoms in total. The predicted molar refractivity (Wildman–Crippen MR) is 142 cm³/mol. The van der Waals surface area contributed by atoms with E-state index in [1.165, 1.54) is 22.3 Å². The average molecular weight is 556 g/mol. The van der Waals surface area contributed by atoms with Crippen molar-refractivity contribution in [3.8, 4) is 0 Å². The van der Waals surface area contributed by atoms with E-state index in [9.17, 15) is 19.5 Å². The first-order chi connectivity index (χ1) is 18.7. The van der Waals surface area contributed by atoms with E-state index >= 15 is 4.39 Å². The minimum atomic E-state index is -1.95. The lowest BCUT2D eigenvalue weighted by molar-refractivity contribution is -0.141. The van der Waals surface area contributed by atoms with Crippen molar-refractivity contribution in [3.63, 3.8) is 0 Å². The summed E-state index contributed by atoms with van der Waals surface area (Å²) in [6.45, 7) is 5.38. The van der Waals surface area contributed by atoms with Gasteiger partial charge in [0.2, 0.25) is 0 Å². The summed E-state index contributed by atoms with van der Waals surface area (Å²) >= 11 is 1.44. The molecule has 1 aromatic heterocycles. The molecule has 2 aromatic rings. The Bertz CT molecular complexity index is 1360. The molecular formula is C27H30FN5O5S. The number of aryl methyl sites for hydroxylation is 1. The highest BCUT2D eigenvalue weighted by molar-refractivity contribution is 7.11. The molecule has 4 heterocycles. The van der Waals surface area contributed by atoms with Crippen molar-refractivity contribution in [3.05, 3.63) is 62.7 Å². The molecule has 1 amide bonds. The molecule has 0 bridgehead atoms. The summed E-state index contributed by atoms with van der Waals surface area (Å²) in [5.74, 6) is -1.92. The second-order valence-electron chi connectivity index (χ2n) is 9.99. The first-order valence-corrected chi connectivity index (χ1v) is 13.7. The van der Waals surface area contributed by atoms with E-state index in [1.54, 1.807) is 32.2 Å². The van der Waals surface area contributed by atoms with Gasteiger partial charge in [-0.1, -0.05) is 12.1 Å². The number of ether oxygens (including phenoxy) is 1. The van der Waals surface area contributed by atoms with E-state index in [-0.39, 0.29) is 38.2 Å². The van der Waals surface area contributed by atoms with Gasteiger partial charge in [0.15, 0.2) is 16.5 Å². The van der Waals surface area contributed by atoms with Crippen molar-refractivity contribution in [2.24, 2.45) is 10.9 Å². The van der Waals surface area contributed by atoms with Crippen molar-refractivity contribution in [2.75, 3.05) is 39.3 Å². The summed E-state index contributed by atoms with van der Waals surface area (Å²) < 4.78 is 21.3. The molecule has 0 aliphatic carbocycles. The number of hydrogen-bond donors (Lipinski definition) is 2. The zero-order chi connectivity index (χ0) is 27.7. The number of fused-ring (bicyclic) bond motifs is 1. The molecule has 2 unspecified atom stereocenters. The molecule has 5 rings (SSSR count). The Balaban J connectivity index is 1.29. The lowest BCUT2D eigenvalue weighted by Gasteiger charge is -2.38. The van der Waals surface area contributed by atoms with Crippen LogP contribution < -0.4 is 5.32 Å². The number of benzene rings is 1. The Morgan fingerprint density at radius 3 is 2.82 bits per heavy atom. The molecule has 0 spiro atoms. The van der Waals surface area contributed by atoms with Gasteiger partial charge in [0.05, 0.1) is 24.3 Å². The second kappa shape index (κ2) is 10.9. The third-order valence-electron chi connectivity index (χ3n) is 7.46. The number of esters is 1. The van der Waals surface area contributed by atoms with Crippen LogP contribution in [0.1, 0.15) is 39.8 Å². The molecule has 2 saturated heterocycles. The van der Waals surface area contributed by atoms with Crippen LogP contribution in [0.15, 0.2) is 46.0 Å². The fourth-order valence-electron chi connectivity index (χ4n) is 5.47. The van der Waals surface area contributed by atoms with Gasteiger partial charge in [0.1, 0.15) is 0 Å². The number of aliphatic imine (C=N–C) groups is 1. The minimum Gasteiger partial charge on any atom is -0.478 e. The number of nitrogens with one attached hydrogen (secondary N) is 1. The fraction of sp³-hybridized carbons (Fsp3) is 0.444. The predicted octanol–water partition coefficient (Wildman–Crippen LogP) is 2.39. The maximum Gasteiger partial charge on any atom is 0.337 e. The van der Waals surface area contributed by atoms with Crippen LogP contribution in [0, 0.1) is 12.8 Å². The van der Waals surface area contributed by atoms with E-state index in [1.807, 2.05) is 5.38 Å². The summed E-state index contributed by atoms with van der Waals surface area (Å²) in [5.41, 5.74) is 0.687. The number of piperidine rings is 1. The standard InChI is InChI=1S/C27H30FN5O5S/c1-3-38-25(36)20-11-30-22(23-29-7-9-39-23)31-21(20)15-32-8-6-27(28)18(13-32)14-33(26(27)37)12-17-4-5-19(24(34)35)16(2)10-17/h4-5,7,9-10,18H,3,6,8,11-15H2,1-2H3,(H,30,31)(H,34,35). The van der Waals surface area contributed by atoms with E-state index in [0.717, 1.165) is 5.56 Å². The molecular weight excluding hydrogens is 525 g/mol. The number of carboxylic acid groups (broad SMARTS) is 1. The smallest absolute Gasteiger partial charge is 0.337 e. The van der Waals surface area contributed by atoms with Gasteiger partial charge in [-0.25, -0.2) is 19.0 Å². The first kappa shape index (κ1) is 26.9. The van der Waals surface area contributed by atoms with Crippen LogP contribution in [0.4, 0.5) is 4.39 Å². The molecule has 2 fully saturated rings. The molecule has 1 aromatic carbocycles. The molecule has 2 atom stereocenters. The number of hydrogen-bond acceptors (Lipinski definition) is 9. The molecule has 206 valence electrons. The lowest BCUT2D eigenvalue weighted by atomic mass is 9.85. The van der Waals surface area contributed by atoms with Gasteiger partial charge in [0, 0.05) is 62.3 Å². The van der Waals surface area contributed by atoms with Crippen molar-refractivity contribution >= 4 is 35.0 Å². The Morgan fingerprint density at radius 1 is 1.31 bits per heavy atom. The van der Waals surface area contributed by atoms with Crippen LogP contribution in [0.5, 0.6) is 0 Å². The molecule has 12 heteroatoms. The number of carbonyl (C=O) groups is 3. The van der Waals surface area contributed by atoms with Crippen molar-refractivity contribution in [1.29, 1.82) is 0 Å².